The molecule has 0 amide bonds. The first kappa shape index (κ1) is 13.0. The summed E-state index contributed by atoms with van der Waals surface area (Å²) in [5, 5.41) is 2.68. The number of pyridine rings is 1. The van der Waals surface area contributed by atoms with Crippen molar-refractivity contribution in [3.8, 4) is 11.5 Å². The molecule has 100 valence electrons. The van der Waals surface area contributed by atoms with Crippen LogP contribution in [0.2, 0.25) is 10.0 Å². The lowest BCUT2D eigenvalue weighted by atomic mass is 10.1. The fourth-order valence-corrected chi connectivity index (χ4v) is 2.23. The molecule has 0 aliphatic carbocycles. The van der Waals surface area contributed by atoms with E-state index < -0.39 is 0 Å². The van der Waals surface area contributed by atoms with Gasteiger partial charge in [0.1, 0.15) is 11.5 Å². The first-order valence-electron chi connectivity index (χ1n) is 5.90. The Morgan fingerprint density at radius 2 is 1.80 bits per heavy atom. The minimum atomic E-state index is 0.446. The number of benzene rings is 2. The third-order valence-corrected chi connectivity index (χ3v) is 3.67. The molecule has 0 atom stereocenters. The van der Waals surface area contributed by atoms with Crippen LogP contribution in [0.25, 0.3) is 10.8 Å². The predicted octanol–water partition coefficient (Wildman–Crippen LogP) is 4.92. The first-order chi connectivity index (χ1) is 9.65. The fourth-order valence-electron chi connectivity index (χ4n) is 1.94. The first-order valence-corrected chi connectivity index (χ1v) is 6.66. The van der Waals surface area contributed by atoms with Gasteiger partial charge in [-0.15, -0.1) is 0 Å². The van der Waals surface area contributed by atoms with Crippen molar-refractivity contribution in [3.63, 3.8) is 0 Å². The van der Waals surface area contributed by atoms with Crippen LogP contribution < -0.4 is 10.5 Å². The van der Waals surface area contributed by atoms with Crippen molar-refractivity contribution in [1.29, 1.82) is 0 Å². The van der Waals surface area contributed by atoms with Crippen LogP contribution in [-0.4, -0.2) is 4.98 Å². The molecule has 0 fully saturated rings. The number of ether oxygens (including phenoxy) is 1. The van der Waals surface area contributed by atoms with E-state index in [-0.39, 0.29) is 0 Å². The molecule has 0 bridgehead atoms. The van der Waals surface area contributed by atoms with Crippen LogP contribution >= 0.6 is 23.2 Å². The van der Waals surface area contributed by atoms with Crippen molar-refractivity contribution in [3.05, 3.63) is 58.8 Å². The molecule has 20 heavy (non-hydrogen) atoms. The quantitative estimate of drug-likeness (QED) is 0.684. The van der Waals surface area contributed by atoms with E-state index in [2.05, 4.69) is 4.98 Å². The largest absolute Gasteiger partial charge is 0.457 e. The highest BCUT2D eigenvalue weighted by molar-refractivity contribution is 6.42. The van der Waals surface area contributed by atoms with Crippen LogP contribution in [-0.2, 0) is 0 Å². The number of anilines is 1. The van der Waals surface area contributed by atoms with Gasteiger partial charge in [-0.3, -0.25) is 4.98 Å². The molecule has 0 radical (unpaired) electrons. The molecular formula is C15H10Cl2N2O. The van der Waals surface area contributed by atoms with Crippen molar-refractivity contribution >= 4 is 39.7 Å². The van der Waals surface area contributed by atoms with Crippen LogP contribution in [0.3, 0.4) is 0 Å². The summed E-state index contributed by atoms with van der Waals surface area (Å²) in [7, 11) is 0. The Morgan fingerprint density at radius 3 is 2.60 bits per heavy atom. The molecule has 3 rings (SSSR count). The molecule has 0 saturated carbocycles. The molecule has 2 aromatic carbocycles. The Labute approximate surface area is 125 Å². The standard InChI is InChI=1S/C15H10Cl2N2O/c16-12-2-1-9(7-13(12)17)20-15-4-3-14(18)10-5-6-19-8-11(10)15/h1-8H,18H2. The van der Waals surface area contributed by atoms with Crippen LogP contribution in [0.1, 0.15) is 0 Å². The van der Waals surface area contributed by atoms with Gasteiger partial charge >= 0.3 is 0 Å². The van der Waals surface area contributed by atoms with E-state index in [1.807, 2.05) is 12.1 Å². The molecule has 0 saturated heterocycles. The number of nitrogens with two attached hydrogens (primary N) is 1. The third-order valence-electron chi connectivity index (χ3n) is 2.93. The number of hydrogen-bond acceptors (Lipinski definition) is 3. The molecule has 5 heteroatoms. The van der Waals surface area contributed by atoms with Gasteiger partial charge in [0.2, 0.25) is 0 Å². The summed E-state index contributed by atoms with van der Waals surface area (Å²) < 4.78 is 5.84. The zero-order chi connectivity index (χ0) is 14.1. The summed E-state index contributed by atoms with van der Waals surface area (Å²) in [6, 6.07) is 10.6. The zero-order valence-corrected chi connectivity index (χ0v) is 11.8. The van der Waals surface area contributed by atoms with Gasteiger partial charge in [0, 0.05) is 34.9 Å². The number of nitrogen functional groups attached to an aromatic ring is 1. The van der Waals surface area contributed by atoms with Crippen LogP contribution in [0.4, 0.5) is 5.69 Å². The maximum atomic E-state index is 5.98. The van der Waals surface area contributed by atoms with E-state index in [9.17, 15) is 0 Å². The number of hydrogen-bond donors (Lipinski definition) is 1. The van der Waals surface area contributed by atoms with E-state index >= 15 is 0 Å². The van der Waals surface area contributed by atoms with Gasteiger partial charge in [-0.2, -0.15) is 0 Å². The highest BCUT2D eigenvalue weighted by Gasteiger charge is 2.07. The summed E-state index contributed by atoms with van der Waals surface area (Å²) >= 11 is 11.9. The van der Waals surface area contributed by atoms with Crippen LogP contribution in [0.15, 0.2) is 48.8 Å². The van der Waals surface area contributed by atoms with Crippen LogP contribution in [0, 0.1) is 0 Å². The van der Waals surface area contributed by atoms with E-state index in [0.29, 0.717) is 27.2 Å². The monoisotopic (exact) mass is 304 g/mol. The lowest BCUT2D eigenvalue weighted by Gasteiger charge is -2.10. The molecule has 0 aliphatic rings. The summed E-state index contributed by atoms with van der Waals surface area (Å²) in [6.45, 7) is 0. The SMILES string of the molecule is Nc1ccc(Oc2ccc(Cl)c(Cl)c2)c2cnccc12. The second-order valence-corrected chi connectivity index (χ2v) is 5.07. The molecule has 0 unspecified atom stereocenters. The smallest absolute Gasteiger partial charge is 0.136 e. The Bertz CT molecular complexity index is 790. The average molecular weight is 305 g/mol. The molecule has 0 aliphatic heterocycles. The summed E-state index contributed by atoms with van der Waals surface area (Å²) in [5.74, 6) is 1.27. The lowest BCUT2D eigenvalue weighted by Crippen LogP contribution is -1.91. The van der Waals surface area contributed by atoms with Crippen molar-refractivity contribution in [2.45, 2.75) is 0 Å². The average Bonchev–Trinajstić information content (AvgIpc) is 2.46. The highest BCUT2D eigenvalue weighted by atomic mass is 35.5. The van der Waals surface area contributed by atoms with Gasteiger partial charge < -0.3 is 10.5 Å². The lowest BCUT2D eigenvalue weighted by molar-refractivity contribution is 0.488. The van der Waals surface area contributed by atoms with Gasteiger partial charge in [0.25, 0.3) is 0 Å². The zero-order valence-electron chi connectivity index (χ0n) is 10.3. The van der Waals surface area contributed by atoms with Gasteiger partial charge in [-0.25, -0.2) is 0 Å². The van der Waals surface area contributed by atoms with Crippen molar-refractivity contribution in [2.24, 2.45) is 0 Å². The predicted molar refractivity (Wildman–Crippen MR) is 82.7 cm³/mol. The number of fused-ring (bicyclic) bond motifs is 1. The van der Waals surface area contributed by atoms with Crippen molar-refractivity contribution in [2.75, 3.05) is 5.73 Å². The molecule has 1 aromatic heterocycles. The maximum absolute atomic E-state index is 5.98. The molecular weight excluding hydrogens is 295 g/mol. The minimum absolute atomic E-state index is 0.446. The van der Waals surface area contributed by atoms with Gasteiger partial charge in [0.15, 0.2) is 0 Å². The van der Waals surface area contributed by atoms with Gasteiger partial charge in [-0.05, 0) is 30.3 Å². The summed E-state index contributed by atoms with van der Waals surface area (Å²) in [5.41, 5.74) is 6.62. The van der Waals surface area contributed by atoms with Crippen molar-refractivity contribution < 1.29 is 4.74 Å². The van der Waals surface area contributed by atoms with E-state index in [1.54, 1.807) is 36.7 Å². The Kier molecular flexibility index (Phi) is 3.38. The second kappa shape index (κ2) is 5.19. The molecule has 3 aromatic rings. The number of halogens is 2. The van der Waals surface area contributed by atoms with Crippen molar-refractivity contribution in [1.82, 2.24) is 4.98 Å². The normalized spacial score (nSPS) is 10.7. The minimum Gasteiger partial charge on any atom is -0.457 e. The fraction of sp³-hybridized carbons (Fsp3) is 0. The van der Waals surface area contributed by atoms with Gasteiger partial charge in [-0.1, -0.05) is 23.2 Å². The molecule has 1 heterocycles. The maximum Gasteiger partial charge on any atom is 0.136 e. The Morgan fingerprint density at radius 1 is 0.950 bits per heavy atom. The number of nitrogens with zero attached hydrogens (tertiary/aromatic N) is 1. The second-order valence-electron chi connectivity index (χ2n) is 4.25. The topological polar surface area (TPSA) is 48.1 Å². The molecule has 2 N–H and O–H groups in total. The molecule has 0 spiro atoms. The number of aromatic nitrogens is 1. The summed E-state index contributed by atoms with van der Waals surface area (Å²) in [4.78, 5) is 4.11. The highest BCUT2D eigenvalue weighted by Crippen LogP contribution is 2.34. The summed E-state index contributed by atoms with van der Waals surface area (Å²) in [6.07, 6.45) is 3.42. The molecule has 3 nitrogen and oxygen atoms in total. The van der Waals surface area contributed by atoms with E-state index in [4.69, 9.17) is 33.7 Å². The Balaban J connectivity index is 2.06. The van der Waals surface area contributed by atoms with Gasteiger partial charge in [0.05, 0.1) is 10.0 Å². The number of rotatable bonds is 2. The Hall–Kier alpha value is -1.97. The van der Waals surface area contributed by atoms with E-state index in [0.717, 1.165) is 10.8 Å². The van der Waals surface area contributed by atoms with E-state index in [1.165, 1.54) is 0 Å². The third kappa shape index (κ3) is 2.38. The van der Waals surface area contributed by atoms with Crippen LogP contribution in [0.5, 0.6) is 11.5 Å².